The molecule has 5 aromatic carbocycles. The molecule has 0 fully saturated rings. The lowest BCUT2D eigenvalue weighted by atomic mass is 9.72. The maximum Gasteiger partial charge on any atom is 0.305 e. The Morgan fingerprint density at radius 3 is 1.65 bits per heavy atom. The molecule has 15 heteroatoms. The molecule has 3 heterocycles. The van der Waals surface area contributed by atoms with Gasteiger partial charge in [0.05, 0.1) is 11.8 Å². The predicted molar refractivity (Wildman–Crippen MR) is 171 cm³/mol. The van der Waals surface area contributed by atoms with E-state index in [1.54, 1.807) is 0 Å². The summed E-state index contributed by atoms with van der Waals surface area (Å²) in [6.45, 7) is 0. The van der Waals surface area contributed by atoms with Crippen LogP contribution in [0.3, 0.4) is 0 Å². The maximum absolute atomic E-state index is 12.2. The van der Waals surface area contributed by atoms with Crippen LogP contribution in [0.15, 0.2) is 66.7 Å². The van der Waals surface area contributed by atoms with Crippen molar-refractivity contribution >= 4 is 0 Å². The van der Waals surface area contributed by atoms with Crippen LogP contribution in [-0.4, -0.2) is 73.5 Å². The molecule has 51 heavy (non-hydrogen) atoms. The summed E-state index contributed by atoms with van der Waals surface area (Å²) < 4.78 is 18.9. The van der Waals surface area contributed by atoms with Gasteiger partial charge < -0.3 is 75.5 Å². The van der Waals surface area contributed by atoms with Gasteiger partial charge in [0.2, 0.25) is 0 Å². The second kappa shape index (κ2) is 10.7. The van der Waals surface area contributed by atoms with E-state index in [4.69, 9.17) is 14.2 Å². The summed E-state index contributed by atoms with van der Waals surface area (Å²) in [5.74, 6) is -11.5. The molecule has 3 aliphatic rings. The zero-order chi connectivity index (χ0) is 36.3. The highest BCUT2D eigenvalue weighted by atomic mass is 16.7. The van der Waals surface area contributed by atoms with E-state index < -0.39 is 93.4 Å². The topological polar surface area (TPSA) is 270 Å². The monoisotopic (exact) mass is 700 g/mol. The zero-order valence-corrected chi connectivity index (χ0v) is 25.8. The van der Waals surface area contributed by atoms with Crippen LogP contribution in [0.2, 0.25) is 0 Å². The Bertz CT molecular complexity index is 2260. The highest BCUT2D eigenvalue weighted by Crippen LogP contribution is 2.64. The van der Waals surface area contributed by atoms with Crippen LogP contribution in [0.25, 0.3) is 0 Å². The van der Waals surface area contributed by atoms with Crippen molar-refractivity contribution in [1.82, 2.24) is 0 Å². The number of rotatable bonds is 3. The average Bonchev–Trinajstić information content (AvgIpc) is 3.04. The van der Waals surface area contributed by atoms with Crippen molar-refractivity contribution in [3.63, 3.8) is 0 Å². The second-order valence-electron chi connectivity index (χ2n) is 12.6. The summed E-state index contributed by atoms with van der Waals surface area (Å²) in [6, 6.07) is 12.1. The zero-order valence-electron chi connectivity index (χ0n) is 25.8. The molecule has 262 valence electrons. The van der Waals surface area contributed by atoms with Gasteiger partial charge in [0, 0.05) is 58.1 Å². The van der Waals surface area contributed by atoms with E-state index in [-0.39, 0.29) is 50.6 Å². The first-order chi connectivity index (χ1) is 24.2. The molecule has 6 atom stereocenters. The number of aliphatic hydroxyl groups excluding tert-OH is 2. The van der Waals surface area contributed by atoms with Crippen molar-refractivity contribution in [3.05, 3.63) is 100 Å². The molecular formula is C36H28O15. The van der Waals surface area contributed by atoms with Crippen molar-refractivity contribution in [3.8, 4) is 74.7 Å². The third kappa shape index (κ3) is 4.45. The third-order valence-corrected chi connectivity index (χ3v) is 9.60. The van der Waals surface area contributed by atoms with Gasteiger partial charge in [0.25, 0.3) is 0 Å². The minimum Gasteiger partial charge on any atom is -0.508 e. The number of phenolic OH excluding ortho intramolecular Hbond substituents is 10. The summed E-state index contributed by atoms with van der Waals surface area (Å²) in [5, 5.41) is 130. The highest BCUT2D eigenvalue weighted by Gasteiger charge is 2.60. The number of ether oxygens (including phenoxy) is 3. The number of fused-ring (bicyclic) bond motifs is 8. The molecule has 12 N–H and O–H groups in total. The van der Waals surface area contributed by atoms with Crippen LogP contribution >= 0.6 is 0 Å². The molecule has 0 saturated carbocycles. The van der Waals surface area contributed by atoms with Crippen LogP contribution in [0.1, 0.15) is 51.3 Å². The fourth-order valence-electron chi connectivity index (χ4n) is 7.40. The smallest absolute Gasteiger partial charge is 0.305 e. The summed E-state index contributed by atoms with van der Waals surface area (Å²) in [4.78, 5) is 0. The van der Waals surface area contributed by atoms with Gasteiger partial charge in [0.15, 0.2) is 29.1 Å². The number of aliphatic hydroxyl groups is 2. The Morgan fingerprint density at radius 1 is 0.471 bits per heavy atom. The average molecular weight is 701 g/mol. The lowest BCUT2D eigenvalue weighted by molar-refractivity contribution is -0.219. The Kier molecular flexibility index (Phi) is 6.65. The molecule has 0 saturated heterocycles. The van der Waals surface area contributed by atoms with Crippen molar-refractivity contribution in [2.45, 2.75) is 35.9 Å². The van der Waals surface area contributed by atoms with Gasteiger partial charge >= 0.3 is 5.79 Å². The van der Waals surface area contributed by atoms with Gasteiger partial charge in [-0.3, -0.25) is 0 Å². The van der Waals surface area contributed by atoms with Gasteiger partial charge in [-0.05, 0) is 35.9 Å². The number of hydrogen-bond acceptors (Lipinski definition) is 15. The number of benzene rings is 5. The first kappa shape index (κ1) is 31.7. The van der Waals surface area contributed by atoms with Crippen molar-refractivity contribution in [2.24, 2.45) is 0 Å². The molecule has 0 spiro atoms. The van der Waals surface area contributed by atoms with Gasteiger partial charge in [-0.2, -0.15) is 0 Å². The molecule has 5 aromatic rings. The van der Waals surface area contributed by atoms with Crippen molar-refractivity contribution in [1.29, 1.82) is 0 Å². The minimum absolute atomic E-state index is 0.0303. The Balaban J connectivity index is 1.45. The number of hydrogen-bond donors (Lipinski definition) is 12. The molecule has 15 nitrogen and oxygen atoms in total. The van der Waals surface area contributed by atoms with E-state index in [2.05, 4.69) is 0 Å². The van der Waals surface area contributed by atoms with Gasteiger partial charge in [-0.1, -0.05) is 6.07 Å². The summed E-state index contributed by atoms with van der Waals surface area (Å²) in [6.07, 6.45) is -5.06. The molecule has 3 aliphatic heterocycles. The number of aromatic hydroxyl groups is 10. The Hall–Kier alpha value is -6.58. The van der Waals surface area contributed by atoms with E-state index in [1.807, 2.05) is 0 Å². The first-order valence-electron chi connectivity index (χ1n) is 15.4. The fourth-order valence-corrected chi connectivity index (χ4v) is 7.40. The van der Waals surface area contributed by atoms with Crippen LogP contribution in [0.4, 0.5) is 0 Å². The number of phenols is 10. The van der Waals surface area contributed by atoms with Gasteiger partial charge in [-0.25, -0.2) is 0 Å². The quantitative estimate of drug-likeness (QED) is 0.120. The fraction of sp³-hybridized carbons (Fsp3) is 0.167. The largest absolute Gasteiger partial charge is 0.508 e. The molecular weight excluding hydrogens is 672 g/mol. The molecule has 0 unspecified atom stereocenters. The van der Waals surface area contributed by atoms with Crippen LogP contribution in [0.5, 0.6) is 74.7 Å². The Labute approximate surface area is 286 Å². The SMILES string of the molecule is Oc1cc(O)c([C@H]2c3c(O)cc4c(c3O[C@H](c3ccc(O)c(O)c3)[C@@H]2O)[C@H]2c3c(O)cc(O)cc3O[C@@](c3ccc(O)c(O)c3)(O4)[C@@H]2O)c(O)c1. The molecule has 0 aromatic heterocycles. The first-order valence-corrected chi connectivity index (χ1v) is 15.4. The van der Waals surface area contributed by atoms with Crippen molar-refractivity contribution in [2.75, 3.05) is 0 Å². The predicted octanol–water partition coefficient (Wildman–Crippen LogP) is 3.50. The van der Waals surface area contributed by atoms with Gasteiger partial charge in [-0.15, -0.1) is 0 Å². The molecule has 8 rings (SSSR count). The van der Waals surface area contributed by atoms with E-state index in [0.29, 0.717) is 0 Å². The Morgan fingerprint density at radius 2 is 1.02 bits per heavy atom. The van der Waals surface area contributed by atoms with E-state index in [1.165, 1.54) is 12.1 Å². The maximum atomic E-state index is 12.2. The van der Waals surface area contributed by atoms with E-state index in [0.717, 1.165) is 54.6 Å². The third-order valence-electron chi connectivity index (χ3n) is 9.60. The summed E-state index contributed by atoms with van der Waals surface area (Å²) in [7, 11) is 0. The van der Waals surface area contributed by atoms with Crippen molar-refractivity contribution < 1.29 is 75.5 Å². The molecule has 0 amide bonds. The summed E-state index contributed by atoms with van der Waals surface area (Å²) in [5.41, 5.74) is -0.640. The standard InChI is InChI=1S/C36H28O15/c37-14-7-20(43)26(21(44)8-14)30-28-23(46)11-25-29(34(28)49-33(32(30)47)12-1-3-16(39)18(41)5-12)31-27-22(45)9-15(38)10-24(27)50-36(51-25,35(31)48)13-2-4-17(40)19(42)6-13/h1-11,30-33,35,37-48H/t30-,31+,32+,33+,35+,36-/m0/s1. The van der Waals surface area contributed by atoms with E-state index in [9.17, 15) is 61.3 Å². The van der Waals surface area contributed by atoms with Crippen LogP contribution in [0, 0.1) is 0 Å². The highest BCUT2D eigenvalue weighted by molar-refractivity contribution is 5.71. The van der Waals surface area contributed by atoms with Crippen LogP contribution < -0.4 is 14.2 Å². The lowest BCUT2D eigenvalue weighted by Gasteiger charge is -2.51. The minimum atomic E-state index is -2.25. The van der Waals surface area contributed by atoms with Crippen LogP contribution in [-0.2, 0) is 5.79 Å². The molecule has 0 aliphatic carbocycles. The summed E-state index contributed by atoms with van der Waals surface area (Å²) >= 11 is 0. The van der Waals surface area contributed by atoms with E-state index >= 15 is 0 Å². The second-order valence-corrected chi connectivity index (χ2v) is 12.6. The normalized spacial score (nSPS) is 24.2. The van der Waals surface area contributed by atoms with Gasteiger partial charge in [0.1, 0.15) is 64.0 Å². The lowest BCUT2D eigenvalue weighted by Crippen LogP contribution is -2.57. The molecule has 2 bridgehead atoms. The molecule has 0 radical (unpaired) electrons.